The first-order chi connectivity index (χ1) is 15.1. The fourth-order valence-electron chi connectivity index (χ4n) is 4.81. The van der Waals surface area contributed by atoms with Gasteiger partial charge in [0, 0.05) is 48.3 Å². The molecule has 1 aliphatic carbocycles. The number of nitrogens with zero attached hydrogens (tertiary/aromatic N) is 4. The number of hydrogen-bond acceptors (Lipinski definition) is 7. The van der Waals surface area contributed by atoms with Crippen LogP contribution in [0, 0.1) is 0 Å². The SMILES string of the molecule is C[C@]1(Nc2nc(-c3ccc(N4CCOCC4)cc3)cc3nccnc23)CCC[C@@H](N)C1. The standard InChI is InChI=1S/C24H30N6O/c1-24(8-2-3-18(25)16-24)29-23-22-21(26-9-10-27-22)15-20(28-23)17-4-6-19(7-5-17)30-11-13-31-14-12-30/h4-7,9-10,15,18H,2-3,8,11-14,16,25H2,1H3,(H,28,29)/t18-,24+/m1/s1. The highest BCUT2D eigenvalue weighted by atomic mass is 16.5. The normalized spacial score (nSPS) is 24.3. The fourth-order valence-corrected chi connectivity index (χ4v) is 4.81. The minimum atomic E-state index is -0.0894. The van der Waals surface area contributed by atoms with Crippen molar-refractivity contribution in [2.45, 2.75) is 44.2 Å². The molecule has 2 atom stereocenters. The third-order valence-corrected chi connectivity index (χ3v) is 6.43. The second-order valence-corrected chi connectivity index (χ2v) is 8.97. The van der Waals surface area contributed by atoms with Gasteiger partial charge in [0.15, 0.2) is 5.82 Å². The van der Waals surface area contributed by atoms with Gasteiger partial charge in [-0.25, -0.2) is 9.97 Å². The molecule has 5 rings (SSSR count). The van der Waals surface area contributed by atoms with E-state index in [0.29, 0.717) is 0 Å². The van der Waals surface area contributed by atoms with E-state index in [1.165, 1.54) is 5.69 Å². The molecule has 1 aliphatic heterocycles. The second kappa shape index (κ2) is 8.40. The maximum Gasteiger partial charge on any atom is 0.155 e. The molecule has 2 aliphatic rings. The number of nitrogens with two attached hydrogens (primary N) is 1. The molecule has 162 valence electrons. The average Bonchev–Trinajstić information content (AvgIpc) is 2.79. The zero-order chi connectivity index (χ0) is 21.3. The molecule has 3 heterocycles. The van der Waals surface area contributed by atoms with Gasteiger partial charge in [0.05, 0.1) is 24.4 Å². The molecule has 7 nitrogen and oxygen atoms in total. The van der Waals surface area contributed by atoms with Crippen molar-refractivity contribution in [2.75, 3.05) is 36.5 Å². The third kappa shape index (κ3) is 4.34. The predicted molar refractivity (Wildman–Crippen MR) is 124 cm³/mol. The molecule has 0 amide bonds. The molecule has 0 spiro atoms. The third-order valence-electron chi connectivity index (χ3n) is 6.43. The van der Waals surface area contributed by atoms with Crippen LogP contribution in [0.5, 0.6) is 0 Å². The van der Waals surface area contributed by atoms with Gasteiger partial charge in [-0.1, -0.05) is 12.1 Å². The summed E-state index contributed by atoms with van der Waals surface area (Å²) in [6, 6.07) is 10.8. The van der Waals surface area contributed by atoms with Crippen molar-refractivity contribution in [3.8, 4) is 11.3 Å². The number of morpholine rings is 1. The Labute approximate surface area is 183 Å². The molecule has 2 aromatic heterocycles. The number of rotatable bonds is 4. The molecule has 31 heavy (non-hydrogen) atoms. The van der Waals surface area contributed by atoms with Crippen molar-refractivity contribution in [1.29, 1.82) is 0 Å². The number of anilines is 2. The molecule has 3 aromatic rings. The largest absolute Gasteiger partial charge is 0.378 e. The molecule has 1 saturated heterocycles. The van der Waals surface area contributed by atoms with Crippen molar-refractivity contribution in [1.82, 2.24) is 15.0 Å². The molecule has 3 N–H and O–H groups in total. The Morgan fingerprint density at radius 2 is 1.90 bits per heavy atom. The highest BCUT2D eigenvalue weighted by Gasteiger charge is 2.31. The van der Waals surface area contributed by atoms with Crippen LogP contribution < -0.4 is 16.0 Å². The highest BCUT2D eigenvalue weighted by Crippen LogP contribution is 2.33. The summed E-state index contributed by atoms with van der Waals surface area (Å²) in [5.41, 5.74) is 11.0. The van der Waals surface area contributed by atoms with Gasteiger partial charge in [-0.3, -0.25) is 4.98 Å². The molecular formula is C24H30N6O. The Morgan fingerprint density at radius 3 is 2.68 bits per heavy atom. The lowest BCUT2D eigenvalue weighted by atomic mass is 9.80. The van der Waals surface area contributed by atoms with E-state index in [4.69, 9.17) is 15.5 Å². The van der Waals surface area contributed by atoms with E-state index in [1.807, 2.05) is 6.07 Å². The van der Waals surface area contributed by atoms with Gasteiger partial charge in [-0.05, 0) is 50.8 Å². The van der Waals surface area contributed by atoms with Crippen LogP contribution >= 0.6 is 0 Å². The number of nitrogens with one attached hydrogen (secondary N) is 1. The zero-order valence-electron chi connectivity index (χ0n) is 18.1. The first kappa shape index (κ1) is 20.2. The lowest BCUT2D eigenvalue weighted by molar-refractivity contribution is 0.122. The average molecular weight is 419 g/mol. The summed E-state index contributed by atoms with van der Waals surface area (Å²) in [4.78, 5) is 16.5. The Morgan fingerprint density at radius 1 is 1.13 bits per heavy atom. The molecular weight excluding hydrogens is 388 g/mol. The van der Waals surface area contributed by atoms with Crippen LogP contribution in [0.25, 0.3) is 22.3 Å². The summed E-state index contributed by atoms with van der Waals surface area (Å²) >= 11 is 0. The maximum atomic E-state index is 6.27. The van der Waals surface area contributed by atoms with Gasteiger partial charge in [-0.15, -0.1) is 0 Å². The van der Waals surface area contributed by atoms with E-state index in [1.54, 1.807) is 12.4 Å². The van der Waals surface area contributed by atoms with Crippen molar-refractivity contribution in [3.63, 3.8) is 0 Å². The minimum absolute atomic E-state index is 0.0894. The van der Waals surface area contributed by atoms with E-state index < -0.39 is 0 Å². The lowest BCUT2D eigenvalue weighted by Gasteiger charge is -2.38. The number of fused-ring (bicyclic) bond motifs is 1. The molecule has 0 bridgehead atoms. The first-order valence-electron chi connectivity index (χ1n) is 11.2. The van der Waals surface area contributed by atoms with Crippen molar-refractivity contribution < 1.29 is 4.74 Å². The summed E-state index contributed by atoms with van der Waals surface area (Å²) in [5.74, 6) is 0.787. The summed E-state index contributed by atoms with van der Waals surface area (Å²) in [7, 11) is 0. The lowest BCUT2D eigenvalue weighted by Crippen LogP contribution is -2.44. The van der Waals surface area contributed by atoms with Gasteiger partial charge < -0.3 is 20.7 Å². The van der Waals surface area contributed by atoms with Crippen molar-refractivity contribution in [3.05, 3.63) is 42.7 Å². The Hall–Kier alpha value is -2.77. The van der Waals surface area contributed by atoms with E-state index in [9.17, 15) is 0 Å². The number of hydrogen-bond donors (Lipinski definition) is 2. The molecule has 0 radical (unpaired) electrons. The molecule has 7 heteroatoms. The van der Waals surface area contributed by atoms with E-state index >= 15 is 0 Å². The molecule has 0 unspecified atom stereocenters. The first-order valence-corrected chi connectivity index (χ1v) is 11.2. The summed E-state index contributed by atoms with van der Waals surface area (Å²) in [5, 5.41) is 3.69. The minimum Gasteiger partial charge on any atom is -0.378 e. The van der Waals surface area contributed by atoms with Crippen LogP contribution in [0.1, 0.15) is 32.6 Å². The highest BCUT2D eigenvalue weighted by molar-refractivity contribution is 5.89. The zero-order valence-corrected chi connectivity index (χ0v) is 18.1. The summed E-state index contributed by atoms with van der Waals surface area (Å²) in [6.45, 7) is 5.66. The molecule has 1 saturated carbocycles. The summed E-state index contributed by atoms with van der Waals surface area (Å²) < 4.78 is 5.47. The second-order valence-electron chi connectivity index (χ2n) is 8.97. The van der Waals surface area contributed by atoms with Gasteiger partial charge in [0.25, 0.3) is 0 Å². The predicted octanol–water partition coefficient (Wildman–Crippen LogP) is 3.60. The van der Waals surface area contributed by atoms with E-state index in [-0.39, 0.29) is 11.6 Å². The van der Waals surface area contributed by atoms with Crippen LogP contribution in [0.15, 0.2) is 42.7 Å². The van der Waals surface area contributed by atoms with E-state index in [0.717, 1.165) is 80.1 Å². The van der Waals surface area contributed by atoms with Gasteiger partial charge in [-0.2, -0.15) is 0 Å². The maximum absolute atomic E-state index is 6.27. The van der Waals surface area contributed by atoms with Gasteiger partial charge >= 0.3 is 0 Å². The number of ether oxygens (including phenoxy) is 1. The van der Waals surface area contributed by atoms with E-state index in [2.05, 4.69) is 51.4 Å². The number of pyridine rings is 1. The van der Waals surface area contributed by atoms with Gasteiger partial charge in [0.2, 0.25) is 0 Å². The van der Waals surface area contributed by atoms with Crippen molar-refractivity contribution in [2.24, 2.45) is 5.73 Å². The smallest absolute Gasteiger partial charge is 0.155 e. The Balaban J connectivity index is 1.48. The monoisotopic (exact) mass is 418 g/mol. The topological polar surface area (TPSA) is 89.2 Å². The van der Waals surface area contributed by atoms with Crippen LogP contribution in [0.3, 0.4) is 0 Å². The quantitative estimate of drug-likeness (QED) is 0.669. The van der Waals surface area contributed by atoms with Crippen LogP contribution in [-0.4, -0.2) is 52.8 Å². The summed E-state index contributed by atoms with van der Waals surface area (Å²) in [6.07, 6.45) is 7.66. The Kier molecular flexibility index (Phi) is 5.46. The molecule has 2 fully saturated rings. The van der Waals surface area contributed by atoms with Crippen LogP contribution in [-0.2, 0) is 4.74 Å². The number of benzene rings is 1. The van der Waals surface area contributed by atoms with Gasteiger partial charge in [0.1, 0.15) is 5.52 Å². The van der Waals surface area contributed by atoms with Crippen molar-refractivity contribution >= 4 is 22.5 Å². The fraction of sp³-hybridized carbons (Fsp3) is 0.458. The molecule has 1 aromatic carbocycles. The number of aromatic nitrogens is 3. The van der Waals surface area contributed by atoms with Crippen LogP contribution in [0.2, 0.25) is 0 Å². The Bertz CT molecular complexity index is 1050. The van der Waals surface area contributed by atoms with Crippen LogP contribution in [0.4, 0.5) is 11.5 Å².